The Bertz CT molecular complexity index is 1150. The second-order valence-corrected chi connectivity index (χ2v) is 8.49. The van der Waals surface area contributed by atoms with Gasteiger partial charge in [-0.1, -0.05) is 25.6 Å². The standard InChI is InChI=1S/C19H24N6O3S/c1-10(2)8-24-17(28)13-6-5-12(16(27)21-11(3)4)7-14(13)25-18(24)22-23-19(25)29-9-15(20)26/h5-7,10-11H,8-9H2,1-4H3,(H2,20,26)(H,21,27). The van der Waals surface area contributed by atoms with Crippen molar-refractivity contribution in [2.75, 3.05) is 5.75 Å². The molecule has 0 saturated heterocycles. The molecular weight excluding hydrogens is 392 g/mol. The summed E-state index contributed by atoms with van der Waals surface area (Å²) >= 11 is 1.14. The smallest absolute Gasteiger partial charge is 0.262 e. The summed E-state index contributed by atoms with van der Waals surface area (Å²) in [4.78, 5) is 36.8. The molecule has 0 aliphatic carbocycles. The number of amides is 2. The molecule has 3 N–H and O–H groups in total. The minimum atomic E-state index is -0.483. The predicted molar refractivity (Wildman–Crippen MR) is 112 cm³/mol. The van der Waals surface area contributed by atoms with Crippen LogP contribution in [0.3, 0.4) is 0 Å². The summed E-state index contributed by atoms with van der Waals surface area (Å²) < 4.78 is 3.28. The zero-order valence-electron chi connectivity index (χ0n) is 16.8. The molecule has 2 aromatic heterocycles. The molecule has 2 heterocycles. The van der Waals surface area contributed by atoms with Gasteiger partial charge in [0.2, 0.25) is 11.7 Å². The molecule has 0 spiro atoms. The van der Waals surface area contributed by atoms with Gasteiger partial charge in [0.05, 0.1) is 16.7 Å². The minimum Gasteiger partial charge on any atom is -0.369 e. The summed E-state index contributed by atoms with van der Waals surface area (Å²) in [6, 6.07) is 4.91. The van der Waals surface area contributed by atoms with E-state index in [0.717, 1.165) is 11.8 Å². The van der Waals surface area contributed by atoms with E-state index < -0.39 is 5.91 Å². The average Bonchev–Trinajstić information content (AvgIpc) is 3.06. The van der Waals surface area contributed by atoms with Crippen LogP contribution in [0.2, 0.25) is 0 Å². The molecule has 0 saturated carbocycles. The lowest BCUT2D eigenvalue weighted by Gasteiger charge is -2.14. The molecule has 0 atom stereocenters. The Morgan fingerprint density at radius 2 is 1.93 bits per heavy atom. The van der Waals surface area contributed by atoms with Gasteiger partial charge in [0.1, 0.15) is 0 Å². The lowest BCUT2D eigenvalue weighted by molar-refractivity contribution is -0.115. The van der Waals surface area contributed by atoms with Crippen molar-refractivity contribution in [1.82, 2.24) is 24.5 Å². The highest BCUT2D eigenvalue weighted by Crippen LogP contribution is 2.23. The van der Waals surface area contributed by atoms with E-state index >= 15 is 0 Å². The van der Waals surface area contributed by atoms with Crippen LogP contribution in [0.1, 0.15) is 38.1 Å². The van der Waals surface area contributed by atoms with Crippen molar-refractivity contribution < 1.29 is 9.59 Å². The third-order valence-corrected chi connectivity index (χ3v) is 5.10. The molecule has 0 unspecified atom stereocenters. The monoisotopic (exact) mass is 416 g/mol. The second-order valence-electron chi connectivity index (χ2n) is 7.54. The van der Waals surface area contributed by atoms with Gasteiger partial charge in [0, 0.05) is 18.2 Å². The molecule has 0 fully saturated rings. The molecule has 3 aromatic rings. The number of nitrogens with two attached hydrogens (primary N) is 1. The Morgan fingerprint density at radius 3 is 2.55 bits per heavy atom. The number of nitrogens with one attached hydrogen (secondary N) is 1. The molecule has 0 aliphatic rings. The third kappa shape index (κ3) is 4.26. The van der Waals surface area contributed by atoms with Gasteiger partial charge < -0.3 is 11.1 Å². The van der Waals surface area contributed by atoms with Crippen molar-refractivity contribution in [3.05, 3.63) is 34.1 Å². The summed E-state index contributed by atoms with van der Waals surface area (Å²) in [6.07, 6.45) is 0. The number of hydrogen-bond acceptors (Lipinski definition) is 6. The first-order valence-electron chi connectivity index (χ1n) is 9.32. The number of benzene rings is 1. The van der Waals surface area contributed by atoms with Crippen molar-refractivity contribution >= 4 is 40.3 Å². The van der Waals surface area contributed by atoms with Crippen LogP contribution in [0.15, 0.2) is 28.2 Å². The summed E-state index contributed by atoms with van der Waals surface area (Å²) in [7, 11) is 0. The maximum absolute atomic E-state index is 13.1. The number of hydrogen-bond donors (Lipinski definition) is 2. The number of nitrogens with zero attached hydrogens (tertiary/aromatic N) is 4. The molecule has 29 heavy (non-hydrogen) atoms. The van der Waals surface area contributed by atoms with Gasteiger partial charge >= 0.3 is 0 Å². The van der Waals surface area contributed by atoms with Crippen LogP contribution < -0.4 is 16.6 Å². The molecule has 0 radical (unpaired) electrons. The van der Waals surface area contributed by atoms with E-state index in [0.29, 0.717) is 33.9 Å². The van der Waals surface area contributed by atoms with Crippen LogP contribution in [0.4, 0.5) is 0 Å². The third-order valence-electron chi connectivity index (χ3n) is 4.15. The van der Waals surface area contributed by atoms with Gasteiger partial charge in [-0.2, -0.15) is 0 Å². The first kappa shape index (κ1) is 20.8. The fraction of sp³-hybridized carbons (Fsp3) is 0.421. The highest BCUT2D eigenvalue weighted by molar-refractivity contribution is 7.99. The van der Waals surface area contributed by atoms with Gasteiger partial charge in [-0.25, -0.2) is 0 Å². The quantitative estimate of drug-likeness (QED) is 0.561. The second kappa shape index (κ2) is 8.24. The summed E-state index contributed by atoms with van der Waals surface area (Å²) in [6.45, 7) is 8.23. The number of primary amides is 1. The number of aromatic nitrogens is 4. The first-order chi connectivity index (χ1) is 13.7. The van der Waals surface area contributed by atoms with Crippen LogP contribution in [0, 0.1) is 5.92 Å². The largest absolute Gasteiger partial charge is 0.369 e. The maximum atomic E-state index is 13.1. The lowest BCUT2D eigenvalue weighted by Crippen LogP contribution is -2.30. The van der Waals surface area contributed by atoms with Gasteiger partial charge in [0.25, 0.3) is 11.5 Å². The molecule has 9 nitrogen and oxygen atoms in total. The highest BCUT2D eigenvalue weighted by atomic mass is 32.2. The van der Waals surface area contributed by atoms with E-state index in [9.17, 15) is 14.4 Å². The number of fused-ring (bicyclic) bond motifs is 3. The zero-order chi connectivity index (χ0) is 21.3. The van der Waals surface area contributed by atoms with Gasteiger partial charge in [0.15, 0.2) is 5.16 Å². The fourth-order valence-corrected chi connectivity index (χ4v) is 3.71. The molecule has 2 amide bonds. The van der Waals surface area contributed by atoms with Crippen LogP contribution in [0.25, 0.3) is 16.7 Å². The molecule has 154 valence electrons. The SMILES string of the molecule is CC(C)Cn1c(=O)c2ccc(C(=O)NC(C)C)cc2n2c(SCC(N)=O)nnc12. The molecule has 0 bridgehead atoms. The topological polar surface area (TPSA) is 124 Å². The van der Waals surface area contributed by atoms with E-state index in [4.69, 9.17) is 5.73 Å². The predicted octanol–water partition coefficient (Wildman–Crippen LogP) is 1.42. The Hall–Kier alpha value is -2.88. The molecule has 0 aliphatic heterocycles. The van der Waals surface area contributed by atoms with E-state index in [2.05, 4.69) is 15.5 Å². The Balaban J connectivity index is 2.29. The van der Waals surface area contributed by atoms with Crippen molar-refractivity contribution in [1.29, 1.82) is 0 Å². The van der Waals surface area contributed by atoms with Crippen molar-refractivity contribution in [2.24, 2.45) is 11.7 Å². The number of carbonyl (C=O) groups excluding carboxylic acids is 2. The maximum Gasteiger partial charge on any atom is 0.262 e. The van der Waals surface area contributed by atoms with E-state index in [1.165, 1.54) is 0 Å². The van der Waals surface area contributed by atoms with Gasteiger partial charge in [-0.05, 0) is 38.0 Å². The summed E-state index contributed by atoms with van der Waals surface area (Å²) in [5.74, 6) is -0.114. The molecule has 10 heteroatoms. The van der Waals surface area contributed by atoms with Gasteiger partial charge in [-0.3, -0.25) is 23.4 Å². The normalized spacial score (nSPS) is 11.7. The highest BCUT2D eigenvalue weighted by Gasteiger charge is 2.19. The van der Waals surface area contributed by atoms with Crippen LogP contribution >= 0.6 is 11.8 Å². The van der Waals surface area contributed by atoms with Gasteiger partial charge in [-0.15, -0.1) is 10.2 Å². The van der Waals surface area contributed by atoms with Crippen LogP contribution in [-0.4, -0.2) is 42.8 Å². The first-order valence-corrected chi connectivity index (χ1v) is 10.3. The molecule has 1 aromatic carbocycles. The van der Waals surface area contributed by atoms with Crippen molar-refractivity contribution in [3.63, 3.8) is 0 Å². The van der Waals surface area contributed by atoms with E-state index in [1.54, 1.807) is 27.2 Å². The summed E-state index contributed by atoms with van der Waals surface area (Å²) in [5, 5.41) is 12.1. The average molecular weight is 417 g/mol. The van der Waals surface area contributed by atoms with E-state index in [-0.39, 0.29) is 29.2 Å². The Labute approximate surface area is 171 Å². The lowest BCUT2D eigenvalue weighted by atomic mass is 10.1. The number of rotatable bonds is 7. The zero-order valence-corrected chi connectivity index (χ0v) is 17.6. The Kier molecular flexibility index (Phi) is 5.92. The summed E-state index contributed by atoms with van der Waals surface area (Å²) in [5.41, 5.74) is 6.01. The fourth-order valence-electron chi connectivity index (χ4n) is 3.03. The van der Waals surface area contributed by atoms with Crippen LogP contribution in [0.5, 0.6) is 0 Å². The number of carbonyl (C=O) groups is 2. The molecular formula is C19H24N6O3S. The van der Waals surface area contributed by atoms with Crippen molar-refractivity contribution in [2.45, 2.75) is 45.4 Å². The van der Waals surface area contributed by atoms with E-state index in [1.807, 2.05) is 27.7 Å². The minimum absolute atomic E-state index is 0.0196. The number of thioether (sulfide) groups is 1. The molecule has 3 rings (SSSR count). The van der Waals surface area contributed by atoms with Crippen LogP contribution in [-0.2, 0) is 11.3 Å². The Morgan fingerprint density at radius 1 is 1.21 bits per heavy atom. The van der Waals surface area contributed by atoms with Crippen molar-refractivity contribution in [3.8, 4) is 0 Å².